The van der Waals surface area contributed by atoms with E-state index in [0.29, 0.717) is 12.0 Å². The van der Waals surface area contributed by atoms with Gasteiger partial charge in [0.2, 0.25) is 0 Å². The van der Waals surface area contributed by atoms with E-state index in [9.17, 15) is 5.11 Å². The molecule has 1 aromatic carbocycles. The number of nitrogens with zero attached hydrogens (tertiary/aromatic N) is 3. The third-order valence-electron chi connectivity index (χ3n) is 3.26. The highest BCUT2D eigenvalue weighted by Crippen LogP contribution is 2.25. The second kappa shape index (κ2) is 5.25. The van der Waals surface area contributed by atoms with E-state index < -0.39 is 5.60 Å². The van der Waals surface area contributed by atoms with E-state index in [1.165, 1.54) is 0 Å². The molecule has 0 spiro atoms. The van der Waals surface area contributed by atoms with Crippen molar-refractivity contribution in [2.75, 3.05) is 0 Å². The summed E-state index contributed by atoms with van der Waals surface area (Å²) >= 11 is 0. The van der Waals surface area contributed by atoms with E-state index in [-0.39, 0.29) is 0 Å². The van der Waals surface area contributed by atoms with Crippen LogP contribution in [0.1, 0.15) is 30.8 Å². The molecule has 0 saturated carbocycles. The highest BCUT2D eigenvalue weighted by molar-refractivity contribution is 5.35. The number of rotatable bonds is 4. The Labute approximate surface area is 113 Å². The van der Waals surface area contributed by atoms with Gasteiger partial charge < -0.3 is 9.67 Å². The van der Waals surface area contributed by atoms with Gasteiger partial charge in [0.1, 0.15) is 5.82 Å². The average Bonchev–Trinajstić information content (AvgIpc) is 2.85. The summed E-state index contributed by atoms with van der Waals surface area (Å²) in [6, 6.07) is 9.16. The van der Waals surface area contributed by atoms with Crippen molar-refractivity contribution in [3.8, 4) is 6.07 Å². The molecule has 4 nitrogen and oxygen atoms in total. The summed E-state index contributed by atoms with van der Waals surface area (Å²) < 4.78 is 2.00. The highest BCUT2D eigenvalue weighted by atomic mass is 16.3. The molecule has 19 heavy (non-hydrogen) atoms. The van der Waals surface area contributed by atoms with Crippen LogP contribution >= 0.6 is 0 Å². The third-order valence-corrected chi connectivity index (χ3v) is 3.26. The molecule has 1 unspecified atom stereocenters. The van der Waals surface area contributed by atoms with E-state index in [1.54, 1.807) is 31.3 Å². The summed E-state index contributed by atoms with van der Waals surface area (Å²) in [5, 5.41) is 19.6. The minimum Gasteiger partial charge on any atom is -0.385 e. The predicted molar refractivity (Wildman–Crippen MR) is 72.3 cm³/mol. The minimum atomic E-state index is -1.04. The Balaban J connectivity index is 2.29. The molecule has 2 aromatic rings. The number of aliphatic hydroxyl groups is 1. The van der Waals surface area contributed by atoms with Crippen molar-refractivity contribution in [2.45, 2.75) is 32.4 Å². The maximum Gasteiger partial charge on any atom is 0.111 e. The Kier molecular flexibility index (Phi) is 3.68. The van der Waals surface area contributed by atoms with Gasteiger partial charge in [0, 0.05) is 25.4 Å². The molecule has 4 heteroatoms. The topological polar surface area (TPSA) is 61.8 Å². The van der Waals surface area contributed by atoms with Crippen molar-refractivity contribution < 1.29 is 5.11 Å². The lowest BCUT2D eigenvalue weighted by molar-refractivity contribution is 0.0545. The second-order valence-corrected chi connectivity index (χ2v) is 4.77. The number of nitriles is 1. The van der Waals surface area contributed by atoms with Gasteiger partial charge in [0.25, 0.3) is 0 Å². The van der Waals surface area contributed by atoms with Crippen molar-refractivity contribution in [3.63, 3.8) is 0 Å². The molecule has 1 atom stereocenters. The van der Waals surface area contributed by atoms with Crippen LogP contribution in [0.25, 0.3) is 0 Å². The van der Waals surface area contributed by atoms with Gasteiger partial charge in [0.05, 0.1) is 17.2 Å². The lowest BCUT2D eigenvalue weighted by Crippen LogP contribution is -2.26. The lowest BCUT2D eigenvalue weighted by Gasteiger charge is -2.24. The van der Waals surface area contributed by atoms with Crippen LogP contribution in [0.15, 0.2) is 36.7 Å². The Hall–Kier alpha value is -2.12. The predicted octanol–water partition coefficient (Wildman–Crippen LogP) is 2.22. The zero-order chi connectivity index (χ0) is 13.9. The Bertz CT molecular complexity index is 608. The van der Waals surface area contributed by atoms with Crippen LogP contribution in [-0.4, -0.2) is 14.7 Å². The van der Waals surface area contributed by atoms with Crippen LogP contribution in [0, 0.1) is 11.3 Å². The summed E-state index contributed by atoms with van der Waals surface area (Å²) in [7, 11) is 0. The SMILES string of the molecule is CCn1ccnc1CC(C)(O)c1cccc(C#N)c1. The second-order valence-electron chi connectivity index (χ2n) is 4.77. The zero-order valence-electron chi connectivity index (χ0n) is 11.2. The smallest absolute Gasteiger partial charge is 0.111 e. The first-order valence-electron chi connectivity index (χ1n) is 6.30. The third kappa shape index (κ3) is 2.83. The Morgan fingerprint density at radius 2 is 2.26 bits per heavy atom. The van der Waals surface area contributed by atoms with Gasteiger partial charge in [-0.05, 0) is 31.5 Å². The molecular formula is C15H17N3O. The maximum atomic E-state index is 10.6. The molecule has 0 saturated heterocycles. The molecule has 1 heterocycles. The molecule has 0 amide bonds. The molecule has 0 aliphatic heterocycles. The summed E-state index contributed by atoms with van der Waals surface area (Å²) in [4.78, 5) is 4.28. The van der Waals surface area contributed by atoms with Crippen molar-refractivity contribution in [1.82, 2.24) is 9.55 Å². The zero-order valence-corrected chi connectivity index (χ0v) is 11.2. The van der Waals surface area contributed by atoms with Crippen molar-refractivity contribution in [3.05, 3.63) is 53.6 Å². The molecule has 0 bridgehead atoms. The van der Waals surface area contributed by atoms with Crippen LogP contribution in [0.5, 0.6) is 0 Å². The largest absolute Gasteiger partial charge is 0.385 e. The first kappa shape index (κ1) is 13.3. The number of hydrogen-bond donors (Lipinski definition) is 1. The number of hydrogen-bond acceptors (Lipinski definition) is 3. The first-order chi connectivity index (χ1) is 9.06. The molecule has 0 fully saturated rings. The van der Waals surface area contributed by atoms with Gasteiger partial charge in [-0.2, -0.15) is 5.26 Å². The van der Waals surface area contributed by atoms with E-state index in [1.807, 2.05) is 23.8 Å². The lowest BCUT2D eigenvalue weighted by atomic mass is 9.91. The summed E-state index contributed by atoms with van der Waals surface area (Å²) in [5.41, 5.74) is 0.249. The number of aromatic nitrogens is 2. The van der Waals surface area contributed by atoms with E-state index >= 15 is 0 Å². The van der Waals surface area contributed by atoms with Crippen molar-refractivity contribution >= 4 is 0 Å². The fourth-order valence-electron chi connectivity index (χ4n) is 2.13. The number of aryl methyl sites for hydroxylation is 1. The van der Waals surface area contributed by atoms with Crippen LogP contribution in [0.2, 0.25) is 0 Å². The Morgan fingerprint density at radius 1 is 1.47 bits per heavy atom. The minimum absolute atomic E-state index is 0.419. The van der Waals surface area contributed by atoms with Gasteiger partial charge >= 0.3 is 0 Å². The standard InChI is InChI=1S/C15H17N3O/c1-3-18-8-7-17-14(18)10-15(2,19)13-6-4-5-12(9-13)11-16/h4-9,19H,3,10H2,1-2H3. The summed E-state index contributed by atoms with van der Waals surface area (Å²) in [6.45, 7) is 4.61. The molecule has 0 radical (unpaired) electrons. The van der Waals surface area contributed by atoms with Gasteiger partial charge in [-0.1, -0.05) is 12.1 Å². The van der Waals surface area contributed by atoms with E-state index in [0.717, 1.165) is 17.9 Å². The van der Waals surface area contributed by atoms with Crippen LogP contribution in [0.4, 0.5) is 0 Å². The van der Waals surface area contributed by atoms with E-state index in [2.05, 4.69) is 11.1 Å². The van der Waals surface area contributed by atoms with Gasteiger partial charge in [-0.15, -0.1) is 0 Å². The van der Waals surface area contributed by atoms with Crippen molar-refractivity contribution in [1.29, 1.82) is 5.26 Å². The quantitative estimate of drug-likeness (QED) is 0.911. The molecule has 0 aliphatic carbocycles. The first-order valence-corrected chi connectivity index (χ1v) is 6.30. The molecule has 0 aliphatic rings. The molecule has 1 aromatic heterocycles. The van der Waals surface area contributed by atoms with Crippen LogP contribution < -0.4 is 0 Å². The monoisotopic (exact) mass is 255 g/mol. The summed E-state index contributed by atoms with van der Waals surface area (Å²) in [5.74, 6) is 0.842. The van der Waals surface area contributed by atoms with Gasteiger partial charge in [-0.25, -0.2) is 4.98 Å². The molecule has 2 rings (SSSR count). The fraction of sp³-hybridized carbons (Fsp3) is 0.333. The molecule has 98 valence electrons. The highest BCUT2D eigenvalue weighted by Gasteiger charge is 2.25. The van der Waals surface area contributed by atoms with Gasteiger partial charge in [-0.3, -0.25) is 0 Å². The number of benzene rings is 1. The molecule has 1 N–H and O–H groups in total. The fourth-order valence-corrected chi connectivity index (χ4v) is 2.13. The average molecular weight is 255 g/mol. The van der Waals surface area contributed by atoms with Crippen LogP contribution in [0.3, 0.4) is 0 Å². The normalized spacial score (nSPS) is 13.8. The van der Waals surface area contributed by atoms with Crippen molar-refractivity contribution in [2.24, 2.45) is 0 Å². The van der Waals surface area contributed by atoms with Crippen LogP contribution in [-0.2, 0) is 18.6 Å². The maximum absolute atomic E-state index is 10.6. The number of imidazole rings is 1. The Morgan fingerprint density at radius 3 is 2.95 bits per heavy atom. The summed E-state index contributed by atoms with van der Waals surface area (Å²) in [6.07, 6.45) is 4.06. The van der Waals surface area contributed by atoms with E-state index in [4.69, 9.17) is 5.26 Å². The van der Waals surface area contributed by atoms with Gasteiger partial charge in [0.15, 0.2) is 0 Å². The molecular weight excluding hydrogens is 238 g/mol.